The summed E-state index contributed by atoms with van der Waals surface area (Å²) in [7, 11) is 0. The average molecular weight is 187 g/mol. The summed E-state index contributed by atoms with van der Waals surface area (Å²) in [5.74, 6) is 0. The number of halogens is 1. The number of hydrogen-bond acceptors (Lipinski definition) is 2. The highest BCUT2D eigenvalue weighted by Gasteiger charge is 2.34. The molecule has 0 aromatic carbocycles. The van der Waals surface area contributed by atoms with E-state index in [2.05, 4.69) is 10.5 Å². The number of nitrogens with one attached hydrogen (secondary N) is 1. The topological polar surface area (TPSA) is 24.4 Å². The van der Waals surface area contributed by atoms with Gasteiger partial charge in [0.15, 0.2) is 0 Å². The minimum Gasteiger partial charge on any atom is -0.289 e. The van der Waals surface area contributed by atoms with Gasteiger partial charge in [0.25, 0.3) is 0 Å². The number of rotatable bonds is 2. The van der Waals surface area contributed by atoms with Gasteiger partial charge in [-0.1, -0.05) is 11.6 Å². The van der Waals surface area contributed by atoms with Crippen LogP contribution >= 0.6 is 11.6 Å². The van der Waals surface area contributed by atoms with Gasteiger partial charge in [-0.25, -0.2) is 0 Å². The molecule has 2 saturated carbocycles. The fourth-order valence-corrected chi connectivity index (χ4v) is 1.98. The molecule has 0 atom stereocenters. The van der Waals surface area contributed by atoms with E-state index in [1.54, 1.807) is 0 Å². The molecule has 0 amide bonds. The molecule has 2 fully saturated rings. The molecule has 2 nitrogen and oxygen atoms in total. The van der Waals surface area contributed by atoms with Crippen LogP contribution in [0.25, 0.3) is 0 Å². The number of hydrogen-bond donors (Lipinski definition) is 1. The van der Waals surface area contributed by atoms with E-state index in [1.165, 1.54) is 37.8 Å². The highest BCUT2D eigenvalue weighted by molar-refractivity contribution is 6.24. The highest BCUT2D eigenvalue weighted by atomic mass is 35.5. The molecule has 0 aromatic rings. The van der Waals surface area contributed by atoms with Gasteiger partial charge in [0.1, 0.15) is 5.00 Å². The van der Waals surface area contributed by atoms with Crippen LogP contribution in [0.4, 0.5) is 0 Å². The molecule has 68 valence electrons. The highest BCUT2D eigenvalue weighted by Crippen LogP contribution is 2.35. The zero-order valence-corrected chi connectivity index (χ0v) is 8.03. The van der Waals surface area contributed by atoms with Crippen molar-refractivity contribution in [1.29, 1.82) is 0 Å². The lowest BCUT2D eigenvalue weighted by atomic mass is 9.93. The lowest BCUT2D eigenvalue weighted by Gasteiger charge is -2.35. The Balaban J connectivity index is 1.83. The molecule has 0 saturated heterocycles. The Bertz CT molecular complexity index is 189. The van der Waals surface area contributed by atoms with E-state index in [9.17, 15) is 0 Å². The summed E-state index contributed by atoms with van der Waals surface area (Å²) < 4.78 is 0. The fourth-order valence-electron chi connectivity index (χ4n) is 1.67. The average Bonchev–Trinajstić information content (AvgIpc) is 2.49. The quantitative estimate of drug-likeness (QED) is 0.400. The first-order chi connectivity index (χ1) is 5.79. The number of alkyl halides is 1. The van der Waals surface area contributed by atoms with Gasteiger partial charge >= 0.3 is 0 Å². The van der Waals surface area contributed by atoms with Gasteiger partial charge in [-0.2, -0.15) is 5.10 Å². The third kappa shape index (κ3) is 1.74. The van der Waals surface area contributed by atoms with Crippen LogP contribution < -0.4 is 5.43 Å². The molecule has 0 radical (unpaired) electrons. The number of nitrogens with zero attached hydrogens (tertiary/aromatic N) is 1. The van der Waals surface area contributed by atoms with Crippen molar-refractivity contribution >= 4 is 17.3 Å². The monoisotopic (exact) mass is 186 g/mol. The molecule has 2 rings (SSSR count). The molecule has 0 aliphatic heterocycles. The summed E-state index contributed by atoms with van der Waals surface area (Å²) >= 11 is 6.17. The van der Waals surface area contributed by atoms with Crippen LogP contribution in [0, 0.1) is 0 Å². The Morgan fingerprint density at radius 3 is 2.33 bits per heavy atom. The third-order valence-corrected chi connectivity index (χ3v) is 3.20. The standard InChI is InChI=1S/C9H15ClN2/c10-9(6-3-7-9)12-11-8-4-1-2-5-8/h12H,1-7H2. The Kier molecular flexibility index (Phi) is 2.26. The van der Waals surface area contributed by atoms with E-state index in [4.69, 9.17) is 11.6 Å². The molecule has 2 aliphatic carbocycles. The Morgan fingerprint density at radius 2 is 1.83 bits per heavy atom. The third-order valence-electron chi connectivity index (χ3n) is 2.74. The lowest BCUT2D eigenvalue weighted by Crippen LogP contribution is -2.43. The minimum atomic E-state index is -0.185. The van der Waals surface area contributed by atoms with E-state index in [1.807, 2.05) is 0 Å². The molecule has 2 aliphatic rings. The van der Waals surface area contributed by atoms with E-state index in [0.717, 1.165) is 12.8 Å². The first-order valence-electron chi connectivity index (χ1n) is 4.80. The maximum atomic E-state index is 6.17. The van der Waals surface area contributed by atoms with E-state index in [0.29, 0.717) is 0 Å². The van der Waals surface area contributed by atoms with Gasteiger partial charge in [0.05, 0.1) is 0 Å². The van der Waals surface area contributed by atoms with Crippen LogP contribution in [0.2, 0.25) is 0 Å². The van der Waals surface area contributed by atoms with Gasteiger partial charge in [0.2, 0.25) is 0 Å². The van der Waals surface area contributed by atoms with Crippen LogP contribution in [0.15, 0.2) is 5.10 Å². The van der Waals surface area contributed by atoms with E-state index >= 15 is 0 Å². The van der Waals surface area contributed by atoms with Crippen molar-refractivity contribution in [3.63, 3.8) is 0 Å². The SMILES string of the molecule is ClC1(NN=C2CCCC2)CCC1. The van der Waals surface area contributed by atoms with Crippen molar-refractivity contribution < 1.29 is 0 Å². The van der Waals surface area contributed by atoms with E-state index < -0.39 is 0 Å². The first kappa shape index (κ1) is 8.36. The van der Waals surface area contributed by atoms with Crippen LogP contribution in [0.5, 0.6) is 0 Å². The summed E-state index contributed by atoms with van der Waals surface area (Å²) in [5.41, 5.74) is 4.40. The van der Waals surface area contributed by atoms with Gasteiger partial charge in [-0.05, 0) is 44.9 Å². The maximum absolute atomic E-state index is 6.17. The zero-order chi connectivity index (χ0) is 8.44. The largest absolute Gasteiger partial charge is 0.289 e. The summed E-state index contributed by atoms with van der Waals surface area (Å²) in [6.45, 7) is 0. The first-order valence-corrected chi connectivity index (χ1v) is 5.18. The second kappa shape index (κ2) is 3.25. The minimum absolute atomic E-state index is 0.185. The predicted octanol–water partition coefficient (Wildman–Crippen LogP) is 2.63. The summed E-state index contributed by atoms with van der Waals surface area (Å²) in [6, 6.07) is 0. The summed E-state index contributed by atoms with van der Waals surface area (Å²) in [5, 5.41) is 4.35. The van der Waals surface area contributed by atoms with Crippen molar-refractivity contribution in [2.45, 2.75) is 49.9 Å². The Labute approximate surface area is 78.4 Å². The van der Waals surface area contributed by atoms with Crippen LogP contribution in [-0.4, -0.2) is 10.7 Å². The molecule has 12 heavy (non-hydrogen) atoms. The fraction of sp³-hybridized carbons (Fsp3) is 0.889. The van der Waals surface area contributed by atoms with Crippen molar-refractivity contribution in [2.75, 3.05) is 0 Å². The van der Waals surface area contributed by atoms with Crippen molar-refractivity contribution in [2.24, 2.45) is 5.10 Å². The van der Waals surface area contributed by atoms with E-state index in [-0.39, 0.29) is 5.00 Å². The normalized spacial score (nSPS) is 26.6. The summed E-state index contributed by atoms with van der Waals surface area (Å²) in [6.07, 6.45) is 8.30. The second-order valence-electron chi connectivity index (χ2n) is 3.82. The van der Waals surface area contributed by atoms with Crippen molar-refractivity contribution in [3.05, 3.63) is 0 Å². The van der Waals surface area contributed by atoms with Crippen molar-refractivity contribution in [3.8, 4) is 0 Å². The van der Waals surface area contributed by atoms with Crippen LogP contribution in [0.1, 0.15) is 44.9 Å². The van der Waals surface area contributed by atoms with Crippen molar-refractivity contribution in [1.82, 2.24) is 5.43 Å². The zero-order valence-electron chi connectivity index (χ0n) is 7.27. The van der Waals surface area contributed by atoms with Gasteiger partial charge < -0.3 is 0 Å². The smallest absolute Gasteiger partial charge is 0.128 e. The van der Waals surface area contributed by atoms with Gasteiger partial charge in [0, 0.05) is 5.71 Å². The second-order valence-corrected chi connectivity index (χ2v) is 4.54. The van der Waals surface area contributed by atoms with Crippen LogP contribution in [-0.2, 0) is 0 Å². The van der Waals surface area contributed by atoms with Crippen LogP contribution in [0.3, 0.4) is 0 Å². The van der Waals surface area contributed by atoms with Gasteiger partial charge in [-0.15, -0.1) is 0 Å². The molecule has 0 unspecified atom stereocenters. The Hall–Kier alpha value is -0.240. The predicted molar refractivity (Wildman–Crippen MR) is 51.5 cm³/mol. The molecule has 3 heteroatoms. The summed E-state index contributed by atoms with van der Waals surface area (Å²) in [4.78, 5) is -0.185. The number of hydrazone groups is 1. The molecular weight excluding hydrogens is 172 g/mol. The van der Waals surface area contributed by atoms with Gasteiger partial charge in [-0.3, -0.25) is 5.43 Å². The molecule has 0 spiro atoms. The maximum Gasteiger partial charge on any atom is 0.128 e. The Morgan fingerprint density at radius 1 is 1.17 bits per heavy atom. The molecule has 1 N–H and O–H groups in total. The molecular formula is C9H15ClN2. The molecule has 0 aromatic heterocycles. The lowest BCUT2D eigenvalue weighted by molar-refractivity contribution is 0.295. The molecule has 0 bridgehead atoms. The molecule has 0 heterocycles.